The predicted octanol–water partition coefficient (Wildman–Crippen LogP) is 1.46. The lowest BCUT2D eigenvalue weighted by atomic mass is 10.2. The number of hydrogen-bond donors (Lipinski definition) is 2. The monoisotopic (exact) mass is 262 g/mol. The molecule has 2 rings (SSSR count). The summed E-state index contributed by atoms with van der Waals surface area (Å²) >= 11 is 0. The fourth-order valence-corrected chi connectivity index (χ4v) is 1.39. The minimum absolute atomic E-state index is 0.0884. The van der Waals surface area contributed by atoms with Gasteiger partial charge in [-0.2, -0.15) is 0 Å². The van der Waals surface area contributed by atoms with Crippen molar-refractivity contribution in [2.45, 2.75) is 0 Å². The molecule has 0 aliphatic rings. The lowest BCUT2D eigenvalue weighted by Gasteiger charge is -2.06. The van der Waals surface area contributed by atoms with Gasteiger partial charge in [0.05, 0.1) is 19.5 Å². The van der Waals surface area contributed by atoms with Crippen LogP contribution in [0.4, 0.5) is 15.9 Å². The molecule has 0 unspecified atom stereocenters. The fraction of sp³-hybridized carbons (Fsp3) is 0.0833. The minimum atomic E-state index is -0.566. The number of carbonyl (C=O) groups excluding carboxylic acids is 1. The molecule has 3 N–H and O–H groups in total. The van der Waals surface area contributed by atoms with Gasteiger partial charge in [0.1, 0.15) is 11.5 Å². The maximum atomic E-state index is 13.4. The van der Waals surface area contributed by atoms with Crippen molar-refractivity contribution in [3.63, 3.8) is 0 Å². The van der Waals surface area contributed by atoms with E-state index in [2.05, 4.69) is 15.3 Å². The molecule has 0 spiro atoms. The zero-order valence-corrected chi connectivity index (χ0v) is 10.1. The second kappa shape index (κ2) is 5.30. The SMILES string of the molecule is COc1ccc(NC(=O)c2cnc(N)cn2)cc1F. The van der Waals surface area contributed by atoms with Crippen molar-refractivity contribution in [2.24, 2.45) is 0 Å². The molecule has 1 heterocycles. The molecule has 0 radical (unpaired) electrons. The van der Waals surface area contributed by atoms with E-state index in [1.807, 2.05) is 0 Å². The highest BCUT2D eigenvalue weighted by Gasteiger charge is 2.10. The number of benzene rings is 1. The summed E-state index contributed by atoms with van der Waals surface area (Å²) in [6.45, 7) is 0. The van der Waals surface area contributed by atoms with E-state index in [9.17, 15) is 9.18 Å². The predicted molar refractivity (Wildman–Crippen MR) is 67.3 cm³/mol. The van der Waals surface area contributed by atoms with Crippen LogP contribution in [0.2, 0.25) is 0 Å². The summed E-state index contributed by atoms with van der Waals surface area (Å²) in [5.74, 6) is -0.752. The van der Waals surface area contributed by atoms with E-state index in [0.717, 1.165) is 6.07 Å². The van der Waals surface area contributed by atoms with Gasteiger partial charge in [0.25, 0.3) is 5.91 Å². The quantitative estimate of drug-likeness (QED) is 0.873. The molecule has 6 nitrogen and oxygen atoms in total. The van der Waals surface area contributed by atoms with Gasteiger partial charge < -0.3 is 15.8 Å². The zero-order chi connectivity index (χ0) is 13.8. The normalized spacial score (nSPS) is 10.0. The maximum Gasteiger partial charge on any atom is 0.275 e. The third-order valence-corrected chi connectivity index (χ3v) is 2.31. The zero-order valence-electron chi connectivity index (χ0n) is 10.1. The highest BCUT2D eigenvalue weighted by Crippen LogP contribution is 2.20. The number of ether oxygens (including phenoxy) is 1. The number of nitrogens with two attached hydrogens (primary N) is 1. The lowest BCUT2D eigenvalue weighted by Crippen LogP contribution is -2.14. The van der Waals surface area contributed by atoms with E-state index in [1.54, 1.807) is 0 Å². The summed E-state index contributed by atoms with van der Waals surface area (Å²) in [7, 11) is 1.36. The third-order valence-electron chi connectivity index (χ3n) is 2.31. The number of nitrogens with one attached hydrogen (secondary N) is 1. The number of carbonyl (C=O) groups is 1. The van der Waals surface area contributed by atoms with Crippen molar-refractivity contribution in [3.05, 3.63) is 42.1 Å². The van der Waals surface area contributed by atoms with Crippen LogP contribution >= 0.6 is 0 Å². The molecule has 19 heavy (non-hydrogen) atoms. The van der Waals surface area contributed by atoms with Crippen LogP contribution in [0.25, 0.3) is 0 Å². The number of hydrogen-bond acceptors (Lipinski definition) is 5. The van der Waals surface area contributed by atoms with Gasteiger partial charge >= 0.3 is 0 Å². The topological polar surface area (TPSA) is 90.1 Å². The molecule has 0 saturated heterocycles. The Bertz CT molecular complexity index is 601. The van der Waals surface area contributed by atoms with Crippen molar-refractivity contribution < 1.29 is 13.9 Å². The highest BCUT2D eigenvalue weighted by atomic mass is 19.1. The molecule has 7 heteroatoms. The van der Waals surface area contributed by atoms with Crippen LogP contribution in [0.15, 0.2) is 30.6 Å². The van der Waals surface area contributed by atoms with Gasteiger partial charge in [-0.3, -0.25) is 4.79 Å². The van der Waals surface area contributed by atoms with Gasteiger partial charge in [-0.25, -0.2) is 14.4 Å². The number of aromatic nitrogens is 2. The van der Waals surface area contributed by atoms with E-state index in [0.29, 0.717) is 5.69 Å². The number of nitrogen functional groups attached to an aromatic ring is 1. The average Bonchev–Trinajstić information content (AvgIpc) is 2.39. The number of halogens is 1. The summed E-state index contributed by atoms with van der Waals surface area (Å²) in [5.41, 5.74) is 5.74. The van der Waals surface area contributed by atoms with Crippen molar-refractivity contribution in [1.29, 1.82) is 0 Å². The van der Waals surface area contributed by atoms with Crippen molar-refractivity contribution in [3.8, 4) is 5.75 Å². The first-order chi connectivity index (χ1) is 9.10. The molecule has 1 aromatic carbocycles. The molecular weight excluding hydrogens is 251 g/mol. The molecule has 1 aromatic heterocycles. The van der Waals surface area contributed by atoms with Gasteiger partial charge in [-0.15, -0.1) is 0 Å². The van der Waals surface area contributed by atoms with Crippen molar-refractivity contribution >= 4 is 17.4 Å². The smallest absolute Gasteiger partial charge is 0.275 e. The van der Waals surface area contributed by atoms with Gasteiger partial charge in [-0.1, -0.05) is 0 Å². The average molecular weight is 262 g/mol. The van der Waals surface area contributed by atoms with Crippen LogP contribution in [0.5, 0.6) is 5.75 Å². The number of methoxy groups -OCH3 is 1. The maximum absolute atomic E-state index is 13.4. The largest absolute Gasteiger partial charge is 0.494 e. The molecule has 0 atom stereocenters. The Morgan fingerprint density at radius 2 is 2.16 bits per heavy atom. The van der Waals surface area contributed by atoms with Gasteiger partial charge in [0, 0.05) is 11.8 Å². The highest BCUT2D eigenvalue weighted by molar-refractivity contribution is 6.02. The minimum Gasteiger partial charge on any atom is -0.494 e. The first-order valence-electron chi connectivity index (χ1n) is 5.32. The Morgan fingerprint density at radius 1 is 1.37 bits per heavy atom. The first kappa shape index (κ1) is 12.7. The van der Waals surface area contributed by atoms with Crippen molar-refractivity contribution in [1.82, 2.24) is 9.97 Å². The van der Waals surface area contributed by atoms with E-state index in [4.69, 9.17) is 10.5 Å². The Balaban J connectivity index is 2.14. The molecular formula is C12H11FN4O2. The summed E-state index contributed by atoms with van der Waals surface area (Å²) in [6.07, 6.45) is 2.51. The molecule has 0 aliphatic heterocycles. The lowest BCUT2D eigenvalue weighted by molar-refractivity contribution is 0.102. The Morgan fingerprint density at radius 3 is 2.74 bits per heavy atom. The summed E-state index contributed by atoms with van der Waals surface area (Å²) < 4.78 is 18.2. The number of anilines is 2. The van der Waals surface area contributed by atoms with E-state index in [1.165, 1.54) is 31.6 Å². The molecule has 0 saturated carbocycles. The number of rotatable bonds is 3. The molecule has 1 amide bonds. The van der Waals surface area contributed by atoms with Crippen LogP contribution in [-0.4, -0.2) is 23.0 Å². The van der Waals surface area contributed by atoms with E-state index < -0.39 is 11.7 Å². The van der Waals surface area contributed by atoms with Crippen LogP contribution in [0.1, 0.15) is 10.5 Å². The van der Waals surface area contributed by atoms with Gasteiger partial charge in [0.15, 0.2) is 11.6 Å². The number of nitrogens with zero attached hydrogens (tertiary/aromatic N) is 2. The fourth-order valence-electron chi connectivity index (χ4n) is 1.39. The van der Waals surface area contributed by atoms with Crippen LogP contribution in [0, 0.1) is 5.82 Å². The molecule has 0 fully saturated rings. The van der Waals surface area contributed by atoms with Gasteiger partial charge in [-0.05, 0) is 12.1 Å². The van der Waals surface area contributed by atoms with Crippen LogP contribution in [0.3, 0.4) is 0 Å². The summed E-state index contributed by atoms with van der Waals surface area (Å²) in [4.78, 5) is 19.3. The van der Waals surface area contributed by atoms with Gasteiger partial charge in [0.2, 0.25) is 0 Å². The van der Waals surface area contributed by atoms with Crippen LogP contribution in [-0.2, 0) is 0 Å². The molecule has 98 valence electrons. The number of amides is 1. The van der Waals surface area contributed by atoms with Crippen LogP contribution < -0.4 is 15.8 Å². The standard InChI is InChI=1S/C12H11FN4O2/c1-19-10-3-2-7(4-8(10)13)17-12(18)9-5-16-11(14)6-15-9/h2-6H,1H3,(H2,14,16)(H,17,18). The van der Waals surface area contributed by atoms with E-state index >= 15 is 0 Å². The second-order valence-electron chi connectivity index (χ2n) is 3.63. The molecule has 2 aromatic rings. The Hall–Kier alpha value is -2.70. The second-order valence-corrected chi connectivity index (χ2v) is 3.63. The Labute approximate surface area is 108 Å². The summed E-state index contributed by atoms with van der Waals surface area (Å²) in [6, 6.07) is 4.09. The molecule has 0 aliphatic carbocycles. The van der Waals surface area contributed by atoms with E-state index in [-0.39, 0.29) is 17.3 Å². The molecule has 0 bridgehead atoms. The Kier molecular flexibility index (Phi) is 3.56. The first-order valence-corrected chi connectivity index (χ1v) is 5.32. The summed E-state index contributed by atoms with van der Waals surface area (Å²) in [5, 5.41) is 2.49. The third kappa shape index (κ3) is 2.95. The van der Waals surface area contributed by atoms with Crippen molar-refractivity contribution in [2.75, 3.05) is 18.2 Å².